The van der Waals surface area contributed by atoms with Crippen molar-refractivity contribution in [3.05, 3.63) is 71.5 Å². The Kier molecular flexibility index (Phi) is 7.27. The molecule has 1 aliphatic rings. The average molecular weight is 449 g/mol. The van der Waals surface area contributed by atoms with Gasteiger partial charge in [-0.25, -0.2) is 4.98 Å². The molecule has 0 spiro atoms. The van der Waals surface area contributed by atoms with Gasteiger partial charge in [-0.3, -0.25) is 14.6 Å². The van der Waals surface area contributed by atoms with E-state index in [0.717, 1.165) is 47.6 Å². The molecule has 1 aliphatic heterocycles. The van der Waals surface area contributed by atoms with Crippen LogP contribution < -0.4 is 0 Å². The molecule has 3 heterocycles. The van der Waals surface area contributed by atoms with E-state index in [1.807, 2.05) is 57.6 Å². The van der Waals surface area contributed by atoms with Crippen molar-refractivity contribution in [2.45, 2.75) is 38.6 Å². The molecule has 2 amide bonds. The highest BCUT2D eigenvalue weighted by Crippen LogP contribution is 2.24. The Labute approximate surface area is 192 Å². The molecule has 166 valence electrons. The van der Waals surface area contributed by atoms with Gasteiger partial charge in [0.2, 0.25) is 5.91 Å². The van der Waals surface area contributed by atoms with E-state index in [4.69, 9.17) is 0 Å². The summed E-state index contributed by atoms with van der Waals surface area (Å²) in [5.41, 5.74) is 2.49. The molecule has 0 saturated carbocycles. The third-order valence-corrected chi connectivity index (χ3v) is 6.73. The summed E-state index contributed by atoms with van der Waals surface area (Å²) in [6.45, 7) is 4.18. The number of thiazole rings is 1. The lowest BCUT2D eigenvalue weighted by molar-refractivity contribution is -0.133. The van der Waals surface area contributed by atoms with E-state index in [2.05, 4.69) is 16.9 Å². The van der Waals surface area contributed by atoms with Gasteiger partial charge in [0.05, 0.1) is 12.1 Å². The summed E-state index contributed by atoms with van der Waals surface area (Å²) in [5.74, 6) is 0.186. The zero-order valence-corrected chi connectivity index (χ0v) is 19.1. The second-order valence-corrected chi connectivity index (χ2v) is 8.90. The number of rotatable bonds is 7. The van der Waals surface area contributed by atoms with Crippen LogP contribution in [0.25, 0.3) is 10.6 Å². The van der Waals surface area contributed by atoms with Crippen LogP contribution in [0.4, 0.5) is 0 Å². The first-order valence-corrected chi connectivity index (χ1v) is 12.0. The number of nitrogens with zero attached hydrogens (tertiary/aromatic N) is 4. The van der Waals surface area contributed by atoms with Crippen LogP contribution in [0, 0.1) is 0 Å². The number of piperidine rings is 1. The summed E-state index contributed by atoms with van der Waals surface area (Å²) < 4.78 is 0. The Bertz CT molecular complexity index is 1030. The second kappa shape index (κ2) is 10.5. The first kappa shape index (κ1) is 22.1. The van der Waals surface area contributed by atoms with Crippen LogP contribution in [0.5, 0.6) is 0 Å². The fourth-order valence-electron chi connectivity index (χ4n) is 4.16. The monoisotopic (exact) mass is 448 g/mol. The molecule has 6 nitrogen and oxygen atoms in total. The van der Waals surface area contributed by atoms with E-state index < -0.39 is 0 Å². The smallest absolute Gasteiger partial charge is 0.253 e. The summed E-state index contributed by atoms with van der Waals surface area (Å²) >= 11 is 1.54. The number of hydrogen-bond acceptors (Lipinski definition) is 5. The predicted molar refractivity (Wildman–Crippen MR) is 126 cm³/mol. The fraction of sp³-hybridized carbons (Fsp3) is 0.360. The summed E-state index contributed by atoms with van der Waals surface area (Å²) in [6, 6.07) is 13.4. The minimum absolute atomic E-state index is 0.0721. The minimum atomic E-state index is 0.0721. The van der Waals surface area contributed by atoms with Gasteiger partial charge in [0, 0.05) is 54.6 Å². The van der Waals surface area contributed by atoms with Crippen molar-refractivity contribution < 1.29 is 9.59 Å². The summed E-state index contributed by atoms with van der Waals surface area (Å²) in [4.78, 5) is 38.6. The largest absolute Gasteiger partial charge is 0.339 e. The molecule has 32 heavy (non-hydrogen) atoms. The third-order valence-electron chi connectivity index (χ3n) is 5.79. The van der Waals surface area contributed by atoms with E-state index >= 15 is 0 Å². The number of carbonyl (C=O) groups is 2. The van der Waals surface area contributed by atoms with Crippen LogP contribution in [0.2, 0.25) is 0 Å². The van der Waals surface area contributed by atoms with Crippen LogP contribution in [-0.4, -0.2) is 57.3 Å². The Hall–Kier alpha value is -3.06. The van der Waals surface area contributed by atoms with Crippen LogP contribution >= 0.6 is 11.3 Å². The Morgan fingerprint density at radius 1 is 1.12 bits per heavy atom. The van der Waals surface area contributed by atoms with Crippen molar-refractivity contribution in [1.29, 1.82) is 0 Å². The number of aromatic nitrogens is 2. The number of benzene rings is 1. The van der Waals surface area contributed by atoms with Gasteiger partial charge in [-0.15, -0.1) is 11.3 Å². The van der Waals surface area contributed by atoms with Gasteiger partial charge in [0.15, 0.2) is 0 Å². The van der Waals surface area contributed by atoms with Crippen molar-refractivity contribution in [3.8, 4) is 10.6 Å². The molecule has 0 N–H and O–H groups in total. The molecular formula is C25H28N4O2S. The number of hydrogen-bond donors (Lipinski definition) is 0. The van der Waals surface area contributed by atoms with Crippen LogP contribution in [0.1, 0.15) is 42.2 Å². The molecule has 7 heteroatoms. The Morgan fingerprint density at radius 3 is 2.59 bits per heavy atom. The Morgan fingerprint density at radius 2 is 1.91 bits per heavy atom. The van der Waals surface area contributed by atoms with Gasteiger partial charge in [0.1, 0.15) is 5.01 Å². The normalized spacial score (nSPS) is 14.3. The lowest BCUT2D eigenvalue weighted by Gasteiger charge is -2.38. The minimum Gasteiger partial charge on any atom is -0.339 e. The highest BCUT2D eigenvalue weighted by Gasteiger charge is 2.29. The van der Waals surface area contributed by atoms with Crippen molar-refractivity contribution >= 4 is 23.2 Å². The van der Waals surface area contributed by atoms with Gasteiger partial charge in [-0.05, 0) is 43.5 Å². The molecule has 0 bridgehead atoms. The number of likely N-dealkylation sites (tertiary alicyclic amines) is 1. The topological polar surface area (TPSA) is 66.4 Å². The molecule has 4 rings (SSSR count). The number of carbonyl (C=O) groups excluding carboxylic acids is 2. The maximum Gasteiger partial charge on any atom is 0.253 e. The second-order valence-electron chi connectivity index (χ2n) is 8.04. The van der Waals surface area contributed by atoms with Gasteiger partial charge in [0.25, 0.3) is 5.91 Å². The molecular weight excluding hydrogens is 420 g/mol. The van der Waals surface area contributed by atoms with Gasteiger partial charge >= 0.3 is 0 Å². The molecule has 0 unspecified atom stereocenters. The zero-order valence-electron chi connectivity index (χ0n) is 18.3. The van der Waals surface area contributed by atoms with Gasteiger partial charge < -0.3 is 9.80 Å². The molecule has 1 aromatic carbocycles. The average Bonchev–Trinajstić information content (AvgIpc) is 3.32. The van der Waals surface area contributed by atoms with E-state index in [1.54, 1.807) is 23.7 Å². The first-order chi connectivity index (χ1) is 15.7. The number of amides is 2. The summed E-state index contributed by atoms with van der Waals surface area (Å²) in [5, 5.41) is 2.85. The highest BCUT2D eigenvalue weighted by atomic mass is 32.1. The van der Waals surface area contributed by atoms with Crippen molar-refractivity contribution in [2.24, 2.45) is 0 Å². The molecule has 1 saturated heterocycles. The molecule has 0 aliphatic carbocycles. The van der Waals surface area contributed by atoms with Gasteiger partial charge in [-0.1, -0.05) is 25.1 Å². The van der Waals surface area contributed by atoms with E-state index in [0.29, 0.717) is 19.5 Å². The van der Waals surface area contributed by atoms with E-state index in [1.165, 1.54) is 0 Å². The van der Waals surface area contributed by atoms with Gasteiger partial charge in [-0.2, -0.15) is 0 Å². The van der Waals surface area contributed by atoms with Crippen LogP contribution in [0.3, 0.4) is 0 Å². The van der Waals surface area contributed by atoms with Crippen molar-refractivity contribution in [1.82, 2.24) is 19.8 Å². The SMILES string of the molecule is CCCN(C(=O)Cc1csc(-c2cccnc2)n1)C1CCN(C(=O)c2ccccc2)CC1. The molecule has 0 radical (unpaired) electrons. The van der Waals surface area contributed by atoms with Crippen LogP contribution in [0.15, 0.2) is 60.2 Å². The molecule has 1 fully saturated rings. The number of pyridine rings is 1. The van der Waals surface area contributed by atoms with E-state index in [9.17, 15) is 9.59 Å². The summed E-state index contributed by atoms with van der Waals surface area (Å²) in [7, 11) is 0. The lowest BCUT2D eigenvalue weighted by atomic mass is 10.0. The quantitative estimate of drug-likeness (QED) is 0.541. The molecule has 0 atom stereocenters. The fourth-order valence-corrected chi connectivity index (χ4v) is 4.97. The van der Waals surface area contributed by atoms with Crippen molar-refractivity contribution in [3.63, 3.8) is 0 Å². The molecule has 3 aromatic rings. The Balaban J connectivity index is 1.37. The zero-order chi connectivity index (χ0) is 22.3. The maximum absolute atomic E-state index is 13.2. The predicted octanol–water partition coefficient (Wildman–Crippen LogP) is 4.29. The maximum atomic E-state index is 13.2. The summed E-state index contributed by atoms with van der Waals surface area (Å²) in [6.07, 6.45) is 6.36. The standard InChI is InChI=1S/C25H28N4O2S/c1-2-13-29(22-10-14-28(15-11-22)25(31)19-7-4-3-5-8-19)23(30)16-21-18-32-24(27-21)20-9-6-12-26-17-20/h3-9,12,17-18,22H,2,10-11,13-16H2,1H3. The van der Waals surface area contributed by atoms with Crippen molar-refractivity contribution in [2.75, 3.05) is 19.6 Å². The highest BCUT2D eigenvalue weighted by molar-refractivity contribution is 7.13. The lowest BCUT2D eigenvalue weighted by Crippen LogP contribution is -2.49. The third kappa shape index (κ3) is 5.22. The first-order valence-electron chi connectivity index (χ1n) is 11.1. The van der Waals surface area contributed by atoms with E-state index in [-0.39, 0.29) is 17.9 Å². The molecule has 2 aromatic heterocycles. The van der Waals surface area contributed by atoms with Crippen LogP contribution in [-0.2, 0) is 11.2 Å².